The molecular formula is C14H20N2O2. The molecule has 1 heterocycles. The lowest BCUT2D eigenvalue weighted by atomic mass is 10.1. The van der Waals surface area contributed by atoms with E-state index in [2.05, 4.69) is 11.6 Å². The number of aryl methyl sites for hydroxylation is 2. The van der Waals surface area contributed by atoms with E-state index in [4.69, 9.17) is 0 Å². The fourth-order valence-corrected chi connectivity index (χ4v) is 1.97. The SMILES string of the molecule is C=CCCCN(C)c1cc(C)nc(C)c1C(=O)O. The van der Waals surface area contributed by atoms with Crippen LogP contribution in [0.4, 0.5) is 5.69 Å². The van der Waals surface area contributed by atoms with Gasteiger partial charge in [0.15, 0.2) is 0 Å². The monoisotopic (exact) mass is 248 g/mol. The topological polar surface area (TPSA) is 53.4 Å². The molecule has 1 aromatic rings. The van der Waals surface area contributed by atoms with Gasteiger partial charge in [-0.15, -0.1) is 6.58 Å². The Labute approximate surface area is 108 Å². The van der Waals surface area contributed by atoms with Crippen LogP contribution in [0.5, 0.6) is 0 Å². The summed E-state index contributed by atoms with van der Waals surface area (Å²) in [7, 11) is 1.91. The van der Waals surface area contributed by atoms with Gasteiger partial charge < -0.3 is 10.0 Å². The van der Waals surface area contributed by atoms with Crippen molar-refractivity contribution in [3.05, 3.63) is 35.7 Å². The van der Waals surface area contributed by atoms with Crippen LogP contribution in [0, 0.1) is 13.8 Å². The lowest BCUT2D eigenvalue weighted by Crippen LogP contribution is -2.22. The van der Waals surface area contributed by atoms with E-state index in [1.54, 1.807) is 6.92 Å². The van der Waals surface area contributed by atoms with Crippen LogP contribution in [0.2, 0.25) is 0 Å². The van der Waals surface area contributed by atoms with Gasteiger partial charge in [0.05, 0.1) is 11.4 Å². The number of allylic oxidation sites excluding steroid dienone is 1. The molecule has 0 aliphatic rings. The summed E-state index contributed by atoms with van der Waals surface area (Å²) < 4.78 is 0. The Morgan fingerprint density at radius 3 is 2.78 bits per heavy atom. The van der Waals surface area contributed by atoms with Crippen LogP contribution >= 0.6 is 0 Å². The van der Waals surface area contributed by atoms with Crippen molar-refractivity contribution in [2.24, 2.45) is 0 Å². The zero-order valence-corrected chi connectivity index (χ0v) is 11.2. The summed E-state index contributed by atoms with van der Waals surface area (Å²) in [5, 5.41) is 9.28. The largest absolute Gasteiger partial charge is 0.478 e. The summed E-state index contributed by atoms with van der Waals surface area (Å²) in [6.07, 6.45) is 3.75. The summed E-state index contributed by atoms with van der Waals surface area (Å²) in [5.41, 5.74) is 2.43. The highest BCUT2D eigenvalue weighted by atomic mass is 16.4. The number of carbonyl (C=O) groups is 1. The summed E-state index contributed by atoms with van der Waals surface area (Å²) >= 11 is 0. The molecule has 0 unspecified atom stereocenters. The smallest absolute Gasteiger partial charge is 0.339 e. The van der Waals surface area contributed by atoms with Gasteiger partial charge in [-0.1, -0.05) is 6.08 Å². The molecule has 1 rings (SSSR count). The van der Waals surface area contributed by atoms with Crippen LogP contribution in [0.3, 0.4) is 0 Å². The van der Waals surface area contributed by atoms with Gasteiger partial charge in [-0.2, -0.15) is 0 Å². The van der Waals surface area contributed by atoms with Gasteiger partial charge in [0, 0.05) is 19.3 Å². The number of anilines is 1. The number of carboxylic acid groups (broad SMARTS) is 1. The molecule has 0 spiro atoms. The first-order chi connectivity index (χ1) is 8.47. The van der Waals surface area contributed by atoms with Gasteiger partial charge in [-0.05, 0) is 32.8 Å². The highest BCUT2D eigenvalue weighted by Crippen LogP contribution is 2.23. The van der Waals surface area contributed by atoms with Crippen molar-refractivity contribution in [3.8, 4) is 0 Å². The van der Waals surface area contributed by atoms with Gasteiger partial charge in [0.25, 0.3) is 0 Å². The summed E-state index contributed by atoms with van der Waals surface area (Å²) in [6, 6.07) is 1.82. The Morgan fingerprint density at radius 1 is 1.56 bits per heavy atom. The Hall–Kier alpha value is -1.84. The number of aromatic carboxylic acids is 1. The normalized spacial score (nSPS) is 10.2. The molecule has 0 aliphatic heterocycles. The molecule has 4 nitrogen and oxygen atoms in total. The Kier molecular flexibility index (Phi) is 4.89. The predicted octanol–water partition coefficient (Wildman–Crippen LogP) is 2.80. The first kappa shape index (κ1) is 14.2. The van der Waals surface area contributed by atoms with Crippen molar-refractivity contribution in [1.82, 2.24) is 4.98 Å². The summed E-state index contributed by atoms with van der Waals surface area (Å²) in [4.78, 5) is 17.5. The van der Waals surface area contributed by atoms with Crippen molar-refractivity contribution in [1.29, 1.82) is 0 Å². The quantitative estimate of drug-likeness (QED) is 0.621. The van der Waals surface area contributed by atoms with Crippen molar-refractivity contribution in [2.75, 3.05) is 18.5 Å². The zero-order valence-electron chi connectivity index (χ0n) is 11.2. The molecule has 1 aromatic heterocycles. The summed E-state index contributed by atoms with van der Waals surface area (Å²) in [5.74, 6) is -0.925. The number of pyridine rings is 1. The second-order valence-electron chi connectivity index (χ2n) is 4.40. The second kappa shape index (κ2) is 6.19. The van der Waals surface area contributed by atoms with Crippen molar-refractivity contribution in [3.63, 3.8) is 0 Å². The number of hydrogen-bond acceptors (Lipinski definition) is 3. The van der Waals surface area contributed by atoms with E-state index < -0.39 is 5.97 Å². The molecule has 18 heavy (non-hydrogen) atoms. The van der Waals surface area contributed by atoms with Crippen LogP contribution in [0.15, 0.2) is 18.7 Å². The molecule has 0 amide bonds. The Morgan fingerprint density at radius 2 is 2.22 bits per heavy atom. The van der Waals surface area contributed by atoms with E-state index >= 15 is 0 Å². The molecule has 0 aromatic carbocycles. The third-order valence-electron chi connectivity index (χ3n) is 2.83. The molecule has 0 atom stereocenters. The van der Waals surface area contributed by atoms with Gasteiger partial charge in [-0.3, -0.25) is 4.98 Å². The standard InChI is InChI=1S/C14H20N2O2/c1-5-6-7-8-16(4)12-9-10(2)15-11(3)13(12)14(17)18/h5,9H,1,6-8H2,2-4H3,(H,17,18). The fourth-order valence-electron chi connectivity index (χ4n) is 1.97. The van der Waals surface area contributed by atoms with E-state index in [1.807, 2.05) is 31.0 Å². The summed E-state index contributed by atoms with van der Waals surface area (Å²) in [6.45, 7) is 8.09. The molecule has 0 saturated carbocycles. The van der Waals surface area contributed by atoms with Crippen LogP contribution in [0.25, 0.3) is 0 Å². The van der Waals surface area contributed by atoms with Crippen molar-refractivity contribution in [2.45, 2.75) is 26.7 Å². The molecule has 4 heteroatoms. The van der Waals surface area contributed by atoms with Crippen LogP contribution in [-0.2, 0) is 0 Å². The zero-order chi connectivity index (χ0) is 13.7. The lowest BCUT2D eigenvalue weighted by Gasteiger charge is -2.22. The highest BCUT2D eigenvalue weighted by Gasteiger charge is 2.17. The molecule has 0 bridgehead atoms. The van der Waals surface area contributed by atoms with Crippen LogP contribution in [0.1, 0.15) is 34.6 Å². The number of aromatic nitrogens is 1. The average Bonchev–Trinajstić information content (AvgIpc) is 2.27. The minimum Gasteiger partial charge on any atom is -0.478 e. The van der Waals surface area contributed by atoms with Gasteiger partial charge in [0.1, 0.15) is 5.56 Å². The first-order valence-corrected chi connectivity index (χ1v) is 6.01. The maximum atomic E-state index is 11.3. The van der Waals surface area contributed by atoms with E-state index in [9.17, 15) is 9.90 Å². The van der Waals surface area contributed by atoms with Crippen molar-refractivity contribution >= 4 is 11.7 Å². The van der Waals surface area contributed by atoms with E-state index in [1.165, 1.54) is 0 Å². The molecule has 0 aliphatic carbocycles. The Balaban J connectivity index is 3.05. The molecule has 0 radical (unpaired) electrons. The van der Waals surface area contributed by atoms with Gasteiger partial charge in [-0.25, -0.2) is 4.79 Å². The third kappa shape index (κ3) is 3.32. The van der Waals surface area contributed by atoms with Gasteiger partial charge in [0.2, 0.25) is 0 Å². The average molecular weight is 248 g/mol. The number of carboxylic acids is 1. The Bertz CT molecular complexity index is 455. The fraction of sp³-hybridized carbons (Fsp3) is 0.429. The maximum Gasteiger partial charge on any atom is 0.339 e. The maximum absolute atomic E-state index is 11.3. The third-order valence-corrected chi connectivity index (χ3v) is 2.83. The minimum atomic E-state index is -0.925. The van der Waals surface area contributed by atoms with Gasteiger partial charge >= 0.3 is 5.97 Å². The van der Waals surface area contributed by atoms with E-state index in [0.717, 1.165) is 30.8 Å². The predicted molar refractivity (Wildman–Crippen MR) is 73.4 cm³/mol. The minimum absolute atomic E-state index is 0.293. The lowest BCUT2D eigenvalue weighted by molar-refractivity contribution is 0.0696. The second-order valence-corrected chi connectivity index (χ2v) is 4.40. The van der Waals surface area contributed by atoms with Crippen LogP contribution < -0.4 is 4.90 Å². The van der Waals surface area contributed by atoms with Crippen molar-refractivity contribution < 1.29 is 9.90 Å². The molecule has 1 N–H and O–H groups in total. The molecule has 98 valence electrons. The molecule has 0 fully saturated rings. The first-order valence-electron chi connectivity index (χ1n) is 6.01. The number of rotatable bonds is 6. The van der Waals surface area contributed by atoms with Crippen LogP contribution in [-0.4, -0.2) is 29.7 Å². The molecular weight excluding hydrogens is 228 g/mol. The number of hydrogen-bond donors (Lipinski definition) is 1. The van der Waals surface area contributed by atoms with E-state index in [0.29, 0.717) is 11.3 Å². The number of unbranched alkanes of at least 4 members (excludes halogenated alkanes) is 1. The molecule has 0 saturated heterocycles. The highest BCUT2D eigenvalue weighted by molar-refractivity contribution is 5.95. The number of nitrogens with zero attached hydrogens (tertiary/aromatic N) is 2. The van der Waals surface area contributed by atoms with E-state index in [-0.39, 0.29) is 0 Å².